The second kappa shape index (κ2) is 8.25. The van der Waals surface area contributed by atoms with Crippen LogP contribution in [0.3, 0.4) is 0 Å². The first-order valence-corrected chi connectivity index (χ1v) is 6.97. The number of para-hydroxylation sites is 2. The number of halogens is 1. The average molecular weight is 271 g/mol. The smallest absolute Gasteiger partial charge is 0.161 e. The predicted molar refractivity (Wildman–Crippen MR) is 76.8 cm³/mol. The molecule has 2 nitrogen and oxygen atoms in total. The summed E-state index contributed by atoms with van der Waals surface area (Å²) in [6.45, 7) is 5.07. The molecule has 0 bridgehead atoms. The summed E-state index contributed by atoms with van der Waals surface area (Å²) in [6, 6.07) is 7.70. The zero-order chi connectivity index (χ0) is 13.4. The number of methoxy groups -OCH3 is 1. The van der Waals surface area contributed by atoms with Gasteiger partial charge in [0.05, 0.1) is 13.7 Å². The highest BCUT2D eigenvalue weighted by Gasteiger charge is 2.07. The molecular weight excluding hydrogens is 248 g/mol. The van der Waals surface area contributed by atoms with Crippen LogP contribution in [-0.4, -0.2) is 19.1 Å². The van der Waals surface area contributed by atoms with E-state index in [1.165, 1.54) is 0 Å². The molecule has 0 aliphatic heterocycles. The van der Waals surface area contributed by atoms with Gasteiger partial charge in [0.2, 0.25) is 0 Å². The molecule has 1 aromatic carbocycles. The van der Waals surface area contributed by atoms with Crippen LogP contribution in [0.25, 0.3) is 0 Å². The third-order valence-electron chi connectivity index (χ3n) is 2.72. The summed E-state index contributed by atoms with van der Waals surface area (Å²) in [5.74, 6) is 2.24. The minimum absolute atomic E-state index is 0.256. The Kier molecular flexibility index (Phi) is 6.96. The molecule has 18 heavy (non-hydrogen) atoms. The maximum absolute atomic E-state index is 6.24. The molecule has 0 radical (unpaired) electrons. The second-order valence-electron chi connectivity index (χ2n) is 4.87. The summed E-state index contributed by atoms with van der Waals surface area (Å²) in [7, 11) is 1.65. The molecule has 0 spiro atoms. The van der Waals surface area contributed by atoms with Gasteiger partial charge in [0, 0.05) is 5.38 Å². The zero-order valence-corrected chi connectivity index (χ0v) is 12.2. The fourth-order valence-corrected chi connectivity index (χ4v) is 2.37. The Morgan fingerprint density at radius 2 is 1.83 bits per heavy atom. The molecular formula is C15H23ClO2. The van der Waals surface area contributed by atoms with E-state index >= 15 is 0 Å². The van der Waals surface area contributed by atoms with Crippen molar-refractivity contribution in [2.45, 2.75) is 38.5 Å². The van der Waals surface area contributed by atoms with Crippen molar-refractivity contribution in [3.05, 3.63) is 24.3 Å². The van der Waals surface area contributed by atoms with Crippen LogP contribution in [0.5, 0.6) is 11.5 Å². The van der Waals surface area contributed by atoms with Gasteiger partial charge < -0.3 is 9.47 Å². The Morgan fingerprint density at radius 3 is 2.44 bits per heavy atom. The fourth-order valence-electron chi connectivity index (χ4n) is 1.85. The molecule has 0 aliphatic rings. The van der Waals surface area contributed by atoms with Crippen molar-refractivity contribution in [1.29, 1.82) is 0 Å². The summed E-state index contributed by atoms with van der Waals surface area (Å²) >= 11 is 6.24. The lowest BCUT2D eigenvalue weighted by molar-refractivity contribution is 0.284. The molecule has 3 heteroatoms. The summed E-state index contributed by atoms with van der Waals surface area (Å²) in [4.78, 5) is 0. The molecule has 0 aliphatic carbocycles. The summed E-state index contributed by atoms with van der Waals surface area (Å²) in [6.07, 6.45) is 3.03. The molecule has 1 atom stereocenters. The van der Waals surface area contributed by atoms with E-state index < -0.39 is 0 Å². The summed E-state index contributed by atoms with van der Waals surface area (Å²) in [5, 5.41) is 0.256. The van der Waals surface area contributed by atoms with Gasteiger partial charge in [0.25, 0.3) is 0 Å². The lowest BCUT2D eigenvalue weighted by Crippen LogP contribution is -2.06. The van der Waals surface area contributed by atoms with Crippen molar-refractivity contribution in [3.8, 4) is 11.5 Å². The van der Waals surface area contributed by atoms with E-state index in [0.717, 1.165) is 30.8 Å². The molecule has 0 heterocycles. The van der Waals surface area contributed by atoms with Crippen molar-refractivity contribution in [2.75, 3.05) is 13.7 Å². The quantitative estimate of drug-likeness (QED) is 0.511. The van der Waals surface area contributed by atoms with Crippen LogP contribution >= 0.6 is 11.6 Å². The molecule has 1 aromatic rings. The summed E-state index contributed by atoms with van der Waals surface area (Å²) in [5.41, 5.74) is 0. The van der Waals surface area contributed by atoms with Crippen molar-refractivity contribution in [2.24, 2.45) is 5.92 Å². The Hall–Kier alpha value is -0.890. The molecule has 0 N–H and O–H groups in total. The topological polar surface area (TPSA) is 18.5 Å². The van der Waals surface area contributed by atoms with Gasteiger partial charge in [-0.25, -0.2) is 0 Å². The van der Waals surface area contributed by atoms with Crippen LogP contribution in [0.1, 0.15) is 33.1 Å². The lowest BCUT2D eigenvalue weighted by Gasteiger charge is -2.13. The van der Waals surface area contributed by atoms with Crippen LogP contribution in [0, 0.1) is 5.92 Å². The van der Waals surface area contributed by atoms with Gasteiger partial charge in [-0.3, -0.25) is 0 Å². The van der Waals surface area contributed by atoms with Crippen molar-refractivity contribution in [1.82, 2.24) is 0 Å². The minimum Gasteiger partial charge on any atom is -0.493 e. The first-order chi connectivity index (χ1) is 8.63. The van der Waals surface area contributed by atoms with Crippen LogP contribution in [0.2, 0.25) is 0 Å². The lowest BCUT2D eigenvalue weighted by atomic mass is 10.1. The monoisotopic (exact) mass is 270 g/mol. The van der Waals surface area contributed by atoms with E-state index in [-0.39, 0.29) is 5.38 Å². The van der Waals surface area contributed by atoms with Gasteiger partial charge in [-0.2, -0.15) is 0 Å². The predicted octanol–water partition coefficient (Wildman–Crippen LogP) is 4.51. The number of benzene rings is 1. The molecule has 0 aromatic heterocycles. The van der Waals surface area contributed by atoms with E-state index in [2.05, 4.69) is 13.8 Å². The van der Waals surface area contributed by atoms with Crippen LogP contribution in [0.4, 0.5) is 0 Å². The first-order valence-electron chi connectivity index (χ1n) is 6.53. The SMILES string of the molecule is COc1ccccc1OCCCC(Cl)CC(C)C. The highest BCUT2D eigenvalue weighted by molar-refractivity contribution is 6.20. The van der Waals surface area contributed by atoms with Crippen molar-refractivity contribution >= 4 is 11.6 Å². The number of ether oxygens (including phenoxy) is 2. The van der Waals surface area contributed by atoms with Gasteiger partial charge in [-0.15, -0.1) is 11.6 Å². The minimum atomic E-state index is 0.256. The Morgan fingerprint density at radius 1 is 1.17 bits per heavy atom. The maximum atomic E-state index is 6.24. The number of hydrogen-bond acceptors (Lipinski definition) is 2. The molecule has 1 unspecified atom stereocenters. The number of alkyl halides is 1. The molecule has 0 saturated carbocycles. The van der Waals surface area contributed by atoms with Gasteiger partial charge in [-0.05, 0) is 37.3 Å². The third-order valence-corrected chi connectivity index (χ3v) is 3.11. The van der Waals surface area contributed by atoms with E-state index in [1.807, 2.05) is 24.3 Å². The van der Waals surface area contributed by atoms with Gasteiger partial charge in [0.15, 0.2) is 11.5 Å². The Balaban J connectivity index is 2.25. The van der Waals surface area contributed by atoms with Crippen LogP contribution in [0.15, 0.2) is 24.3 Å². The van der Waals surface area contributed by atoms with E-state index in [0.29, 0.717) is 12.5 Å². The number of hydrogen-bond donors (Lipinski definition) is 0. The third kappa shape index (κ3) is 5.63. The average Bonchev–Trinajstić information content (AvgIpc) is 2.34. The first kappa shape index (κ1) is 15.2. The fraction of sp³-hybridized carbons (Fsp3) is 0.600. The largest absolute Gasteiger partial charge is 0.493 e. The number of rotatable bonds is 8. The van der Waals surface area contributed by atoms with Gasteiger partial charge >= 0.3 is 0 Å². The maximum Gasteiger partial charge on any atom is 0.161 e. The van der Waals surface area contributed by atoms with Gasteiger partial charge in [-0.1, -0.05) is 26.0 Å². The molecule has 0 saturated heterocycles. The Bertz CT molecular complexity index is 339. The van der Waals surface area contributed by atoms with Gasteiger partial charge in [0.1, 0.15) is 0 Å². The Labute approximate surface area is 115 Å². The van der Waals surface area contributed by atoms with Crippen molar-refractivity contribution in [3.63, 3.8) is 0 Å². The van der Waals surface area contributed by atoms with E-state index in [9.17, 15) is 0 Å². The molecule has 1 rings (SSSR count). The molecule has 0 fully saturated rings. The summed E-state index contributed by atoms with van der Waals surface area (Å²) < 4.78 is 10.9. The molecule has 0 amide bonds. The van der Waals surface area contributed by atoms with Crippen LogP contribution < -0.4 is 9.47 Å². The normalized spacial score (nSPS) is 12.5. The highest BCUT2D eigenvalue weighted by Crippen LogP contribution is 2.26. The van der Waals surface area contributed by atoms with Crippen LogP contribution in [-0.2, 0) is 0 Å². The second-order valence-corrected chi connectivity index (χ2v) is 5.49. The van der Waals surface area contributed by atoms with E-state index in [4.69, 9.17) is 21.1 Å². The molecule has 102 valence electrons. The standard InChI is InChI=1S/C15H23ClO2/c1-12(2)11-13(16)7-6-10-18-15-9-5-4-8-14(15)17-3/h4-5,8-9,12-13H,6-7,10-11H2,1-3H3. The van der Waals surface area contributed by atoms with E-state index in [1.54, 1.807) is 7.11 Å². The highest BCUT2D eigenvalue weighted by atomic mass is 35.5. The van der Waals surface area contributed by atoms with Crippen molar-refractivity contribution < 1.29 is 9.47 Å². The zero-order valence-electron chi connectivity index (χ0n) is 11.5.